The van der Waals surface area contributed by atoms with E-state index in [2.05, 4.69) is 15.5 Å². The van der Waals surface area contributed by atoms with Gasteiger partial charge in [-0.25, -0.2) is 0 Å². The Hall–Kier alpha value is -3.43. The number of thioether (sulfide) groups is 1. The summed E-state index contributed by atoms with van der Waals surface area (Å²) in [4.78, 5) is 25.9. The summed E-state index contributed by atoms with van der Waals surface area (Å²) < 4.78 is 1.95. The molecule has 0 aliphatic heterocycles. The molecule has 5 rings (SSSR count). The van der Waals surface area contributed by atoms with Crippen LogP contribution in [0.5, 0.6) is 0 Å². The molecule has 9 heteroatoms. The summed E-state index contributed by atoms with van der Waals surface area (Å²) in [5.74, 6) is 0.121. The van der Waals surface area contributed by atoms with Gasteiger partial charge in [-0.15, -0.1) is 21.5 Å². The van der Waals surface area contributed by atoms with E-state index in [9.17, 15) is 9.59 Å². The molecule has 0 unspecified atom stereocenters. The quantitative estimate of drug-likeness (QED) is 0.388. The first-order chi connectivity index (χ1) is 16.1. The Morgan fingerprint density at radius 3 is 2.48 bits per heavy atom. The van der Waals surface area contributed by atoms with Crippen LogP contribution >= 0.6 is 23.1 Å². The molecule has 0 atom stereocenters. The molecule has 0 radical (unpaired) electrons. The van der Waals surface area contributed by atoms with Gasteiger partial charge in [0, 0.05) is 16.1 Å². The first-order valence-electron chi connectivity index (χ1n) is 10.5. The highest BCUT2D eigenvalue weighted by Crippen LogP contribution is 2.39. The van der Waals surface area contributed by atoms with Crippen molar-refractivity contribution in [3.05, 3.63) is 76.7 Å². The lowest BCUT2D eigenvalue weighted by Gasteiger charge is -2.10. The molecule has 0 fully saturated rings. The number of rotatable bonds is 7. The number of anilines is 1. The maximum atomic E-state index is 12.8. The van der Waals surface area contributed by atoms with Gasteiger partial charge in [0.25, 0.3) is 5.91 Å². The van der Waals surface area contributed by atoms with Crippen molar-refractivity contribution in [1.29, 1.82) is 0 Å². The predicted molar refractivity (Wildman–Crippen MR) is 131 cm³/mol. The van der Waals surface area contributed by atoms with Crippen LogP contribution in [0.2, 0.25) is 0 Å². The van der Waals surface area contributed by atoms with Gasteiger partial charge >= 0.3 is 0 Å². The Labute approximate surface area is 199 Å². The minimum Gasteiger partial charge on any atom is -0.365 e. The molecule has 1 aliphatic carbocycles. The third-order valence-electron chi connectivity index (χ3n) is 5.43. The highest BCUT2D eigenvalue weighted by molar-refractivity contribution is 7.99. The summed E-state index contributed by atoms with van der Waals surface area (Å²) in [6.07, 6.45) is 2.77. The Balaban J connectivity index is 1.38. The van der Waals surface area contributed by atoms with Crippen molar-refractivity contribution < 1.29 is 9.59 Å². The standard InChI is InChI=1S/C24H21N5O2S2/c25-21(31)20-17-12-7-13-18(17)33-23(20)26-19(30)14-32-24-28-27-22(15-8-3-1-4-9-15)29(24)16-10-5-2-6-11-16/h1-6,8-11H,7,12-14H2,(H2,25,31)(H,26,30). The van der Waals surface area contributed by atoms with Crippen LogP contribution in [0.4, 0.5) is 5.00 Å². The van der Waals surface area contributed by atoms with Crippen LogP contribution in [-0.4, -0.2) is 32.3 Å². The topological polar surface area (TPSA) is 103 Å². The minimum absolute atomic E-state index is 0.126. The average Bonchev–Trinajstić information content (AvgIpc) is 3.53. The molecule has 2 heterocycles. The van der Waals surface area contributed by atoms with Crippen LogP contribution in [-0.2, 0) is 17.6 Å². The number of hydrogen-bond donors (Lipinski definition) is 2. The molecule has 0 saturated heterocycles. The SMILES string of the molecule is NC(=O)c1c(NC(=O)CSc2nnc(-c3ccccc3)n2-c2ccccc2)sc2c1CCC2. The van der Waals surface area contributed by atoms with Gasteiger partial charge in [0.15, 0.2) is 11.0 Å². The molecule has 2 amide bonds. The van der Waals surface area contributed by atoms with E-state index in [0.717, 1.165) is 41.0 Å². The number of hydrogen-bond acceptors (Lipinski definition) is 6. The number of benzene rings is 2. The molecule has 3 N–H and O–H groups in total. The smallest absolute Gasteiger partial charge is 0.251 e. The predicted octanol–water partition coefficient (Wildman–Crippen LogP) is 4.31. The Morgan fingerprint density at radius 1 is 1.03 bits per heavy atom. The lowest BCUT2D eigenvalue weighted by molar-refractivity contribution is -0.113. The summed E-state index contributed by atoms with van der Waals surface area (Å²) in [6.45, 7) is 0. The number of nitrogens with one attached hydrogen (secondary N) is 1. The van der Waals surface area contributed by atoms with E-state index >= 15 is 0 Å². The van der Waals surface area contributed by atoms with Crippen LogP contribution in [0.15, 0.2) is 65.8 Å². The number of amides is 2. The maximum Gasteiger partial charge on any atom is 0.251 e. The van der Waals surface area contributed by atoms with Crippen molar-refractivity contribution in [3.63, 3.8) is 0 Å². The molecule has 33 heavy (non-hydrogen) atoms. The first kappa shape index (κ1) is 21.4. The van der Waals surface area contributed by atoms with Crippen LogP contribution in [0.3, 0.4) is 0 Å². The third-order valence-corrected chi connectivity index (χ3v) is 7.57. The Kier molecular flexibility index (Phi) is 5.97. The molecule has 0 saturated carbocycles. The highest BCUT2D eigenvalue weighted by Gasteiger charge is 2.26. The van der Waals surface area contributed by atoms with Gasteiger partial charge in [0.05, 0.1) is 11.3 Å². The van der Waals surface area contributed by atoms with Crippen molar-refractivity contribution in [3.8, 4) is 17.1 Å². The number of carbonyl (C=O) groups is 2. The molecule has 7 nitrogen and oxygen atoms in total. The van der Waals surface area contributed by atoms with Crippen molar-refractivity contribution in [2.24, 2.45) is 5.73 Å². The lowest BCUT2D eigenvalue weighted by Crippen LogP contribution is -2.19. The van der Waals surface area contributed by atoms with Gasteiger partial charge in [-0.1, -0.05) is 60.3 Å². The number of carbonyl (C=O) groups excluding carboxylic acids is 2. The Bertz CT molecular complexity index is 1320. The summed E-state index contributed by atoms with van der Waals surface area (Å²) >= 11 is 2.75. The molecule has 2 aromatic heterocycles. The van der Waals surface area contributed by atoms with Crippen LogP contribution in [0.1, 0.15) is 27.2 Å². The van der Waals surface area contributed by atoms with E-state index in [1.165, 1.54) is 23.1 Å². The fourth-order valence-electron chi connectivity index (χ4n) is 3.99. The number of primary amides is 1. The molecular weight excluding hydrogens is 454 g/mol. The van der Waals surface area contributed by atoms with Gasteiger partial charge in [0.2, 0.25) is 5.91 Å². The van der Waals surface area contributed by atoms with Crippen LogP contribution in [0.25, 0.3) is 17.1 Å². The van der Waals surface area contributed by atoms with E-state index in [4.69, 9.17) is 5.73 Å². The average molecular weight is 476 g/mol. The van der Waals surface area contributed by atoms with Crippen LogP contribution in [0, 0.1) is 0 Å². The van der Waals surface area contributed by atoms with Gasteiger partial charge in [-0.3, -0.25) is 14.2 Å². The van der Waals surface area contributed by atoms with E-state index in [1.807, 2.05) is 65.2 Å². The number of nitrogens with zero attached hydrogens (tertiary/aromatic N) is 3. The van der Waals surface area contributed by atoms with Crippen molar-refractivity contribution >= 4 is 39.9 Å². The summed E-state index contributed by atoms with van der Waals surface area (Å²) in [5.41, 5.74) is 8.91. The fraction of sp³-hybridized carbons (Fsp3) is 0.167. The van der Waals surface area contributed by atoms with Crippen molar-refractivity contribution in [1.82, 2.24) is 14.8 Å². The zero-order valence-electron chi connectivity index (χ0n) is 17.7. The van der Waals surface area contributed by atoms with Crippen LogP contribution < -0.4 is 11.1 Å². The fourth-order valence-corrected chi connectivity index (χ4v) is 6.06. The zero-order valence-corrected chi connectivity index (χ0v) is 19.3. The van der Waals surface area contributed by atoms with E-state index in [0.29, 0.717) is 21.5 Å². The second-order valence-corrected chi connectivity index (χ2v) is 9.65. The van der Waals surface area contributed by atoms with E-state index in [-0.39, 0.29) is 11.7 Å². The van der Waals surface area contributed by atoms with Gasteiger partial charge in [0.1, 0.15) is 5.00 Å². The summed E-state index contributed by atoms with van der Waals surface area (Å²) in [7, 11) is 0. The monoisotopic (exact) mass is 475 g/mol. The molecule has 2 aromatic carbocycles. The number of thiophene rings is 1. The summed E-state index contributed by atoms with van der Waals surface area (Å²) in [6, 6.07) is 19.6. The molecular formula is C24H21N5O2S2. The minimum atomic E-state index is -0.492. The van der Waals surface area contributed by atoms with Gasteiger partial charge in [-0.05, 0) is 37.0 Å². The highest BCUT2D eigenvalue weighted by atomic mass is 32.2. The third kappa shape index (κ3) is 4.29. The number of aromatic nitrogens is 3. The van der Waals surface area contributed by atoms with Gasteiger partial charge < -0.3 is 11.1 Å². The molecule has 0 spiro atoms. The van der Waals surface area contributed by atoms with Crippen molar-refractivity contribution in [2.45, 2.75) is 24.4 Å². The second kappa shape index (κ2) is 9.21. The summed E-state index contributed by atoms with van der Waals surface area (Å²) in [5, 5.41) is 12.8. The molecule has 166 valence electrons. The largest absolute Gasteiger partial charge is 0.365 e. The number of nitrogens with two attached hydrogens (primary N) is 1. The molecule has 1 aliphatic rings. The Morgan fingerprint density at radius 2 is 1.76 bits per heavy atom. The zero-order chi connectivity index (χ0) is 22.8. The second-order valence-electron chi connectivity index (χ2n) is 7.61. The normalized spacial score (nSPS) is 12.5. The number of para-hydroxylation sites is 1. The number of aryl methyl sites for hydroxylation is 1. The van der Waals surface area contributed by atoms with E-state index < -0.39 is 5.91 Å². The molecule has 4 aromatic rings. The first-order valence-corrected chi connectivity index (χ1v) is 12.4. The van der Waals surface area contributed by atoms with E-state index in [1.54, 1.807) is 0 Å². The maximum absolute atomic E-state index is 12.8. The molecule has 0 bridgehead atoms. The van der Waals surface area contributed by atoms with Crippen molar-refractivity contribution in [2.75, 3.05) is 11.1 Å². The lowest BCUT2D eigenvalue weighted by atomic mass is 10.1. The van der Waals surface area contributed by atoms with Gasteiger partial charge in [-0.2, -0.15) is 0 Å². The number of fused-ring (bicyclic) bond motifs is 1.